The molecule has 0 aliphatic carbocycles. The van der Waals surface area contributed by atoms with Crippen molar-refractivity contribution in [2.24, 2.45) is 0 Å². The Kier molecular flexibility index (Phi) is 3.84. The molecular formula is C14H15N3O3. The molecule has 2 aromatic rings. The SMILES string of the molecule is Cc1ccc(NC(=O)Cn2ncc(C(=O)O)c2C)cc1. The van der Waals surface area contributed by atoms with Crippen LogP contribution in [-0.4, -0.2) is 26.8 Å². The first-order chi connectivity index (χ1) is 9.47. The van der Waals surface area contributed by atoms with Gasteiger partial charge in [-0.3, -0.25) is 9.48 Å². The molecule has 0 radical (unpaired) electrons. The second kappa shape index (κ2) is 5.56. The molecule has 1 aromatic carbocycles. The summed E-state index contributed by atoms with van der Waals surface area (Å²) in [5.41, 5.74) is 2.37. The molecule has 1 aromatic heterocycles. The van der Waals surface area contributed by atoms with E-state index in [0.717, 1.165) is 5.56 Å². The van der Waals surface area contributed by atoms with Crippen LogP contribution in [0.3, 0.4) is 0 Å². The number of aromatic nitrogens is 2. The number of carboxylic acid groups (broad SMARTS) is 1. The van der Waals surface area contributed by atoms with Crippen LogP contribution in [0.25, 0.3) is 0 Å². The predicted octanol–water partition coefficient (Wildman–Crippen LogP) is 1.84. The van der Waals surface area contributed by atoms with Gasteiger partial charge in [0.2, 0.25) is 5.91 Å². The number of nitrogens with zero attached hydrogens (tertiary/aromatic N) is 2. The Morgan fingerprint density at radius 2 is 1.90 bits per heavy atom. The fourth-order valence-electron chi connectivity index (χ4n) is 1.79. The van der Waals surface area contributed by atoms with Gasteiger partial charge in [-0.25, -0.2) is 4.79 Å². The summed E-state index contributed by atoms with van der Waals surface area (Å²) in [6, 6.07) is 7.42. The summed E-state index contributed by atoms with van der Waals surface area (Å²) in [6.07, 6.45) is 1.25. The minimum absolute atomic E-state index is 0.0208. The fourth-order valence-corrected chi connectivity index (χ4v) is 1.79. The zero-order valence-electron chi connectivity index (χ0n) is 11.3. The van der Waals surface area contributed by atoms with Gasteiger partial charge in [0.25, 0.3) is 0 Å². The van der Waals surface area contributed by atoms with Crippen molar-refractivity contribution < 1.29 is 14.7 Å². The van der Waals surface area contributed by atoms with E-state index in [-0.39, 0.29) is 18.0 Å². The molecule has 0 bridgehead atoms. The number of carbonyl (C=O) groups excluding carboxylic acids is 1. The van der Waals surface area contributed by atoms with Crippen molar-refractivity contribution in [3.63, 3.8) is 0 Å². The highest BCUT2D eigenvalue weighted by atomic mass is 16.4. The number of anilines is 1. The number of carbonyl (C=O) groups is 2. The first kappa shape index (κ1) is 13.8. The van der Waals surface area contributed by atoms with Gasteiger partial charge < -0.3 is 10.4 Å². The Bertz CT molecular complexity index is 644. The first-order valence-electron chi connectivity index (χ1n) is 6.09. The van der Waals surface area contributed by atoms with Crippen molar-refractivity contribution in [1.29, 1.82) is 0 Å². The molecule has 2 rings (SSSR count). The van der Waals surface area contributed by atoms with E-state index < -0.39 is 5.97 Å². The lowest BCUT2D eigenvalue weighted by Crippen LogP contribution is -2.20. The third kappa shape index (κ3) is 3.03. The van der Waals surface area contributed by atoms with Crippen LogP contribution in [0.5, 0.6) is 0 Å². The smallest absolute Gasteiger partial charge is 0.339 e. The molecule has 0 aliphatic heterocycles. The summed E-state index contributed by atoms with van der Waals surface area (Å²) in [6.45, 7) is 3.56. The van der Waals surface area contributed by atoms with Gasteiger partial charge >= 0.3 is 5.97 Å². The average molecular weight is 273 g/mol. The zero-order chi connectivity index (χ0) is 14.7. The van der Waals surface area contributed by atoms with Crippen LogP contribution in [0, 0.1) is 13.8 Å². The lowest BCUT2D eigenvalue weighted by atomic mass is 10.2. The van der Waals surface area contributed by atoms with Crippen molar-refractivity contribution in [1.82, 2.24) is 9.78 Å². The molecular weight excluding hydrogens is 258 g/mol. The van der Waals surface area contributed by atoms with E-state index in [1.165, 1.54) is 10.9 Å². The molecule has 0 atom stereocenters. The number of carboxylic acids is 1. The predicted molar refractivity (Wildman–Crippen MR) is 73.7 cm³/mol. The molecule has 104 valence electrons. The van der Waals surface area contributed by atoms with Crippen LogP contribution in [0.1, 0.15) is 21.6 Å². The summed E-state index contributed by atoms with van der Waals surface area (Å²) in [4.78, 5) is 22.8. The summed E-state index contributed by atoms with van der Waals surface area (Å²) < 4.78 is 1.37. The van der Waals surface area contributed by atoms with Crippen LogP contribution in [-0.2, 0) is 11.3 Å². The van der Waals surface area contributed by atoms with Crippen molar-refractivity contribution in [2.75, 3.05) is 5.32 Å². The number of amides is 1. The minimum Gasteiger partial charge on any atom is -0.478 e. The molecule has 1 amide bonds. The Hall–Kier alpha value is -2.63. The molecule has 0 saturated carbocycles. The number of hydrogen-bond acceptors (Lipinski definition) is 3. The number of benzene rings is 1. The Balaban J connectivity index is 2.05. The van der Waals surface area contributed by atoms with Gasteiger partial charge in [0, 0.05) is 5.69 Å². The van der Waals surface area contributed by atoms with Crippen LogP contribution in [0.15, 0.2) is 30.5 Å². The number of aryl methyl sites for hydroxylation is 1. The lowest BCUT2D eigenvalue weighted by Gasteiger charge is -2.07. The molecule has 0 spiro atoms. The largest absolute Gasteiger partial charge is 0.478 e. The normalized spacial score (nSPS) is 10.3. The number of nitrogens with one attached hydrogen (secondary N) is 1. The molecule has 0 unspecified atom stereocenters. The van der Waals surface area contributed by atoms with Gasteiger partial charge in [-0.2, -0.15) is 5.10 Å². The van der Waals surface area contributed by atoms with Gasteiger partial charge in [-0.05, 0) is 26.0 Å². The van der Waals surface area contributed by atoms with E-state index >= 15 is 0 Å². The second-order valence-corrected chi connectivity index (χ2v) is 4.52. The Morgan fingerprint density at radius 3 is 2.45 bits per heavy atom. The van der Waals surface area contributed by atoms with Gasteiger partial charge in [0.05, 0.1) is 11.9 Å². The monoisotopic (exact) mass is 273 g/mol. The molecule has 0 fully saturated rings. The number of rotatable bonds is 4. The van der Waals surface area contributed by atoms with Gasteiger partial charge in [0.1, 0.15) is 12.1 Å². The van der Waals surface area contributed by atoms with Gasteiger partial charge in [-0.1, -0.05) is 17.7 Å². The van der Waals surface area contributed by atoms with Crippen molar-refractivity contribution in [3.05, 3.63) is 47.3 Å². The first-order valence-corrected chi connectivity index (χ1v) is 6.09. The van der Waals surface area contributed by atoms with Crippen molar-refractivity contribution >= 4 is 17.6 Å². The van der Waals surface area contributed by atoms with Crippen LogP contribution in [0.4, 0.5) is 5.69 Å². The molecule has 6 heteroatoms. The molecule has 20 heavy (non-hydrogen) atoms. The minimum atomic E-state index is -1.05. The summed E-state index contributed by atoms with van der Waals surface area (Å²) in [5.74, 6) is -1.30. The maximum absolute atomic E-state index is 11.9. The van der Waals surface area contributed by atoms with Crippen molar-refractivity contribution in [3.8, 4) is 0 Å². The Morgan fingerprint density at radius 1 is 1.25 bits per heavy atom. The topological polar surface area (TPSA) is 84.2 Å². The lowest BCUT2D eigenvalue weighted by molar-refractivity contribution is -0.116. The van der Waals surface area contributed by atoms with E-state index in [2.05, 4.69) is 10.4 Å². The second-order valence-electron chi connectivity index (χ2n) is 4.52. The van der Waals surface area contributed by atoms with Crippen LogP contribution < -0.4 is 5.32 Å². The molecule has 1 heterocycles. The van der Waals surface area contributed by atoms with Crippen molar-refractivity contribution in [2.45, 2.75) is 20.4 Å². The fraction of sp³-hybridized carbons (Fsp3) is 0.214. The summed E-state index contributed by atoms with van der Waals surface area (Å²) in [7, 11) is 0. The maximum atomic E-state index is 11.9. The average Bonchev–Trinajstić information content (AvgIpc) is 2.74. The quantitative estimate of drug-likeness (QED) is 0.890. The van der Waals surface area contributed by atoms with Crippen LogP contribution in [0.2, 0.25) is 0 Å². The third-order valence-electron chi connectivity index (χ3n) is 2.96. The van der Waals surface area contributed by atoms with E-state index in [0.29, 0.717) is 11.4 Å². The van der Waals surface area contributed by atoms with Crippen LogP contribution >= 0.6 is 0 Å². The highest BCUT2D eigenvalue weighted by Gasteiger charge is 2.14. The molecule has 2 N–H and O–H groups in total. The summed E-state index contributed by atoms with van der Waals surface area (Å²) in [5, 5.41) is 15.6. The number of aromatic carboxylic acids is 1. The standard InChI is InChI=1S/C14H15N3O3/c1-9-3-5-11(6-4-9)16-13(18)8-17-10(2)12(7-15-17)14(19)20/h3-7H,8H2,1-2H3,(H,16,18)(H,19,20). The Labute approximate surface area is 116 Å². The molecule has 0 aliphatic rings. The van der Waals surface area contributed by atoms with Gasteiger partial charge in [-0.15, -0.1) is 0 Å². The van der Waals surface area contributed by atoms with E-state index in [1.807, 2.05) is 31.2 Å². The van der Waals surface area contributed by atoms with E-state index in [1.54, 1.807) is 6.92 Å². The molecule has 0 saturated heterocycles. The highest BCUT2D eigenvalue weighted by molar-refractivity contribution is 5.91. The molecule has 6 nitrogen and oxygen atoms in total. The zero-order valence-corrected chi connectivity index (χ0v) is 11.3. The summed E-state index contributed by atoms with van der Waals surface area (Å²) >= 11 is 0. The number of hydrogen-bond donors (Lipinski definition) is 2. The maximum Gasteiger partial charge on any atom is 0.339 e. The van der Waals surface area contributed by atoms with E-state index in [9.17, 15) is 9.59 Å². The highest BCUT2D eigenvalue weighted by Crippen LogP contribution is 2.10. The van der Waals surface area contributed by atoms with E-state index in [4.69, 9.17) is 5.11 Å². The third-order valence-corrected chi connectivity index (χ3v) is 2.96. The van der Waals surface area contributed by atoms with Gasteiger partial charge in [0.15, 0.2) is 0 Å².